The molecule has 206 valence electrons. The molecule has 0 radical (unpaired) electrons. The van der Waals surface area contributed by atoms with Gasteiger partial charge in [0.2, 0.25) is 11.8 Å². The SMILES string of the molecule is O=C(CCc1ccc(F)cc1)NCCN1CCC2(CC1)C(=O)NCN2c1ccccc1.O=C(O)C(F)(F)F. The van der Waals surface area contributed by atoms with Crippen LogP contribution in [0.2, 0.25) is 0 Å². The van der Waals surface area contributed by atoms with Gasteiger partial charge in [-0.25, -0.2) is 9.18 Å². The predicted molar refractivity (Wildman–Crippen MR) is 132 cm³/mol. The van der Waals surface area contributed by atoms with Crippen molar-refractivity contribution in [3.05, 3.63) is 66.0 Å². The number of amides is 2. The van der Waals surface area contributed by atoms with E-state index in [0.29, 0.717) is 26.1 Å². The molecule has 3 N–H and O–H groups in total. The number of hydrogen-bond donors (Lipinski definition) is 3. The number of aryl methyl sites for hydroxylation is 1. The summed E-state index contributed by atoms with van der Waals surface area (Å²) in [6, 6.07) is 16.3. The topological polar surface area (TPSA) is 102 Å². The summed E-state index contributed by atoms with van der Waals surface area (Å²) in [5, 5.41) is 13.1. The van der Waals surface area contributed by atoms with Crippen LogP contribution in [0.5, 0.6) is 0 Å². The molecule has 8 nitrogen and oxygen atoms in total. The van der Waals surface area contributed by atoms with Crippen LogP contribution in [0.4, 0.5) is 23.2 Å². The van der Waals surface area contributed by atoms with E-state index in [1.54, 1.807) is 12.1 Å². The Morgan fingerprint density at radius 3 is 2.21 bits per heavy atom. The summed E-state index contributed by atoms with van der Waals surface area (Å²) in [5.74, 6) is -2.90. The number of rotatable bonds is 7. The van der Waals surface area contributed by atoms with E-state index >= 15 is 0 Å². The van der Waals surface area contributed by atoms with E-state index < -0.39 is 17.7 Å². The number of alkyl halides is 3. The van der Waals surface area contributed by atoms with E-state index in [2.05, 4.69) is 32.6 Å². The van der Waals surface area contributed by atoms with Crippen LogP contribution in [0, 0.1) is 5.82 Å². The van der Waals surface area contributed by atoms with Gasteiger partial charge in [0.15, 0.2) is 0 Å². The molecule has 0 aromatic heterocycles. The fourth-order valence-electron chi connectivity index (χ4n) is 4.53. The van der Waals surface area contributed by atoms with E-state index in [1.807, 2.05) is 18.2 Å². The van der Waals surface area contributed by atoms with Crippen molar-refractivity contribution < 1.29 is 37.1 Å². The molecule has 2 heterocycles. The fraction of sp³-hybridized carbons (Fsp3) is 0.423. The van der Waals surface area contributed by atoms with Crippen molar-refractivity contribution in [3.8, 4) is 0 Å². The van der Waals surface area contributed by atoms with Crippen molar-refractivity contribution in [2.45, 2.75) is 37.4 Å². The van der Waals surface area contributed by atoms with Gasteiger partial charge in [0.25, 0.3) is 0 Å². The first kappa shape index (κ1) is 28.9. The third-order valence-electron chi connectivity index (χ3n) is 6.63. The number of halogens is 4. The Morgan fingerprint density at radius 1 is 1.03 bits per heavy atom. The fourth-order valence-corrected chi connectivity index (χ4v) is 4.53. The maximum Gasteiger partial charge on any atom is 0.490 e. The zero-order valence-corrected chi connectivity index (χ0v) is 20.6. The third kappa shape index (κ3) is 7.67. The number of likely N-dealkylation sites (tertiary alicyclic amines) is 1. The number of carbonyl (C=O) groups excluding carboxylic acids is 2. The van der Waals surface area contributed by atoms with Crippen LogP contribution in [0.3, 0.4) is 0 Å². The number of piperidine rings is 1. The highest BCUT2D eigenvalue weighted by Crippen LogP contribution is 2.36. The molecule has 2 aliphatic rings. The van der Waals surface area contributed by atoms with Crippen LogP contribution in [0.25, 0.3) is 0 Å². The summed E-state index contributed by atoms with van der Waals surface area (Å²) in [7, 11) is 0. The predicted octanol–water partition coefficient (Wildman–Crippen LogP) is 2.94. The van der Waals surface area contributed by atoms with Gasteiger partial charge in [-0.3, -0.25) is 9.59 Å². The van der Waals surface area contributed by atoms with Crippen molar-refractivity contribution in [2.24, 2.45) is 0 Å². The summed E-state index contributed by atoms with van der Waals surface area (Å²) in [6.07, 6.45) is -2.55. The lowest BCUT2D eigenvalue weighted by molar-refractivity contribution is -0.192. The molecule has 2 aliphatic heterocycles. The number of nitrogens with zero attached hydrogens (tertiary/aromatic N) is 2. The lowest BCUT2D eigenvalue weighted by Gasteiger charge is -2.43. The Hall–Kier alpha value is -3.67. The molecule has 38 heavy (non-hydrogen) atoms. The number of anilines is 1. The minimum atomic E-state index is -5.08. The number of carboxylic acid groups (broad SMARTS) is 1. The normalized spacial score (nSPS) is 16.9. The summed E-state index contributed by atoms with van der Waals surface area (Å²) in [4.78, 5) is 38.2. The number of aliphatic carboxylic acids is 1. The van der Waals surface area contributed by atoms with Crippen molar-refractivity contribution >= 4 is 23.5 Å². The first-order valence-corrected chi connectivity index (χ1v) is 12.2. The number of benzene rings is 2. The highest BCUT2D eigenvalue weighted by atomic mass is 19.4. The Morgan fingerprint density at radius 2 is 1.63 bits per heavy atom. The largest absolute Gasteiger partial charge is 0.490 e. The second-order valence-corrected chi connectivity index (χ2v) is 9.08. The number of para-hydroxylation sites is 1. The van der Waals surface area contributed by atoms with E-state index in [-0.39, 0.29) is 17.6 Å². The highest BCUT2D eigenvalue weighted by molar-refractivity contribution is 5.93. The van der Waals surface area contributed by atoms with Crippen molar-refractivity contribution in [2.75, 3.05) is 37.7 Å². The Bertz CT molecular complexity index is 1090. The minimum absolute atomic E-state index is 0.00299. The van der Waals surface area contributed by atoms with Gasteiger partial charge in [-0.05, 0) is 49.1 Å². The summed E-state index contributed by atoms with van der Waals surface area (Å²) < 4.78 is 44.7. The molecule has 0 bridgehead atoms. The van der Waals surface area contributed by atoms with Crippen LogP contribution in [-0.2, 0) is 20.8 Å². The molecule has 0 atom stereocenters. The number of carbonyl (C=O) groups is 3. The van der Waals surface area contributed by atoms with E-state index in [0.717, 1.165) is 43.7 Å². The van der Waals surface area contributed by atoms with Crippen LogP contribution in [0.15, 0.2) is 54.6 Å². The zero-order valence-electron chi connectivity index (χ0n) is 20.6. The molecule has 0 saturated carbocycles. The number of carboxylic acids is 1. The molecule has 2 amide bonds. The van der Waals surface area contributed by atoms with Gasteiger partial charge in [-0.2, -0.15) is 13.2 Å². The van der Waals surface area contributed by atoms with Gasteiger partial charge in [0.05, 0.1) is 6.67 Å². The first-order chi connectivity index (χ1) is 18.0. The van der Waals surface area contributed by atoms with Gasteiger partial charge in [-0.1, -0.05) is 30.3 Å². The first-order valence-electron chi connectivity index (χ1n) is 12.2. The van der Waals surface area contributed by atoms with Crippen LogP contribution in [-0.4, -0.2) is 72.4 Å². The standard InChI is InChI=1S/C24H29FN4O2.C2HF3O2/c25-20-9-6-19(7-10-20)8-11-22(30)26-14-17-28-15-12-24(13-16-28)23(31)27-18-29(24)21-4-2-1-3-5-21;3-2(4,5)1(6)7/h1-7,9-10H,8,11-18H2,(H,26,30)(H,27,31);(H,6,7). The van der Waals surface area contributed by atoms with Crippen LogP contribution in [0.1, 0.15) is 24.8 Å². The smallest absolute Gasteiger partial charge is 0.475 e. The van der Waals surface area contributed by atoms with Gasteiger partial charge in [-0.15, -0.1) is 0 Å². The Balaban J connectivity index is 0.000000505. The van der Waals surface area contributed by atoms with Gasteiger partial charge < -0.3 is 25.5 Å². The number of nitrogens with one attached hydrogen (secondary N) is 2. The molecule has 0 aliphatic carbocycles. The van der Waals surface area contributed by atoms with Gasteiger partial charge >= 0.3 is 12.1 Å². The quantitative estimate of drug-likeness (QED) is 0.469. The second kappa shape index (κ2) is 12.7. The molecule has 2 fully saturated rings. The lowest BCUT2D eigenvalue weighted by atomic mass is 9.85. The highest BCUT2D eigenvalue weighted by Gasteiger charge is 2.50. The molecule has 1 spiro atoms. The van der Waals surface area contributed by atoms with Crippen molar-refractivity contribution in [1.82, 2.24) is 15.5 Å². The molecular formula is C26H30F4N4O4. The monoisotopic (exact) mass is 538 g/mol. The van der Waals surface area contributed by atoms with E-state index in [9.17, 15) is 27.2 Å². The molecule has 2 aromatic rings. The molecular weight excluding hydrogens is 508 g/mol. The molecule has 4 rings (SSSR count). The van der Waals surface area contributed by atoms with Gasteiger partial charge in [0, 0.05) is 38.3 Å². The molecule has 2 saturated heterocycles. The van der Waals surface area contributed by atoms with Crippen molar-refractivity contribution in [3.63, 3.8) is 0 Å². The van der Waals surface area contributed by atoms with E-state index in [4.69, 9.17) is 9.90 Å². The second-order valence-electron chi connectivity index (χ2n) is 9.08. The molecule has 0 unspecified atom stereocenters. The Kier molecular flexibility index (Phi) is 9.67. The minimum Gasteiger partial charge on any atom is -0.475 e. The molecule has 12 heteroatoms. The molecule has 2 aromatic carbocycles. The maximum absolute atomic E-state index is 12.9. The zero-order chi connectivity index (χ0) is 27.8. The maximum atomic E-state index is 12.9. The van der Waals surface area contributed by atoms with Crippen LogP contribution < -0.4 is 15.5 Å². The third-order valence-corrected chi connectivity index (χ3v) is 6.63. The average Bonchev–Trinajstić information content (AvgIpc) is 3.20. The summed E-state index contributed by atoms with van der Waals surface area (Å²) in [5.41, 5.74) is 1.55. The van der Waals surface area contributed by atoms with Gasteiger partial charge in [0.1, 0.15) is 11.4 Å². The van der Waals surface area contributed by atoms with E-state index in [1.165, 1.54) is 12.1 Å². The Labute approximate surface area is 217 Å². The van der Waals surface area contributed by atoms with Crippen LogP contribution >= 0.6 is 0 Å². The van der Waals surface area contributed by atoms with Crippen molar-refractivity contribution in [1.29, 1.82) is 0 Å². The summed E-state index contributed by atoms with van der Waals surface area (Å²) >= 11 is 0. The average molecular weight is 539 g/mol. The summed E-state index contributed by atoms with van der Waals surface area (Å²) in [6.45, 7) is 3.55. The number of hydrogen-bond acceptors (Lipinski definition) is 5. The lowest BCUT2D eigenvalue weighted by Crippen LogP contribution is -2.57.